The monoisotopic (exact) mass is 358 g/mol. The van der Waals surface area contributed by atoms with Crippen LogP contribution in [0.2, 0.25) is 0 Å². The summed E-state index contributed by atoms with van der Waals surface area (Å²) in [5.41, 5.74) is 3.66. The molecule has 26 heavy (non-hydrogen) atoms. The fourth-order valence-electron chi connectivity index (χ4n) is 2.58. The van der Waals surface area contributed by atoms with E-state index in [0.29, 0.717) is 23.1 Å². The number of rotatable bonds is 5. The highest BCUT2D eigenvalue weighted by molar-refractivity contribution is 7.99. The van der Waals surface area contributed by atoms with Gasteiger partial charge in [-0.25, -0.2) is 4.98 Å². The Morgan fingerprint density at radius 1 is 1.04 bits per heavy atom. The van der Waals surface area contributed by atoms with Gasteiger partial charge in [0.05, 0.1) is 17.5 Å². The van der Waals surface area contributed by atoms with Crippen molar-refractivity contribution in [2.24, 2.45) is 0 Å². The van der Waals surface area contributed by atoms with Crippen LogP contribution in [0, 0.1) is 11.3 Å². The number of hydrogen-bond acceptors (Lipinski definition) is 6. The van der Waals surface area contributed by atoms with Gasteiger partial charge in [0.1, 0.15) is 0 Å². The molecule has 0 N–H and O–H groups in total. The van der Waals surface area contributed by atoms with Gasteiger partial charge < -0.3 is 0 Å². The maximum absolute atomic E-state index is 8.71. The highest BCUT2D eigenvalue weighted by atomic mass is 32.2. The van der Waals surface area contributed by atoms with Crippen molar-refractivity contribution in [1.29, 1.82) is 5.26 Å². The van der Waals surface area contributed by atoms with Gasteiger partial charge in [0.2, 0.25) is 5.16 Å². The fourth-order valence-corrected chi connectivity index (χ4v) is 3.24. The lowest BCUT2D eigenvalue weighted by molar-refractivity contribution is 0.886. The van der Waals surface area contributed by atoms with E-state index in [2.05, 4.69) is 26.1 Å². The number of hydrogen-bond donors (Lipinski definition) is 0. The van der Waals surface area contributed by atoms with Crippen molar-refractivity contribution in [3.8, 4) is 28.6 Å². The number of fused-ring (bicyclic) bond motifs is 1. The van der Waals surface area contributed by atoms with Crippen LogP contribution in [0.5, 0.6) is 0 Å². The minimum atomic E-state index is 0.457. The largest absolute Gasteiger partial charge is 0.264 e. The van der Waals surface area contributed by atoms with E-state index >= 15 is 0 Å². The van der Waals surface area contributed by atoms with Crippen LogP contribution in [0.25, 0.3) is 28.3 Å². The van der Waals surface area contributed by atoms with Crippen LogP contribution in [-0.4, -0.2) is 30.3 Å². The van der Waals surface area contributed by atoms with Crippen molar-refractivity contribution in [3.63, 3.8) is 0 Å². The summed E-state index contributed by atoms with van der Waals surface area (Å²) < 4.78 is 1.73. The van der Waals surface area contributed by atoms with Crippen molar-refractivity contribution in [2.45, 2.75) is 11.6 Å². The summed E-state index contributed by atoms with van der Waals surface area (Å²) in [6.45, 7) is 0. The molecule has 4 aromatic rings. The van der Waals surface area contributed by atoms with E-state index in [9.17, 15) is 0 Å². The third kappa shape index (κ3) is 3.27. The second kappa shape index (κ2) is 7.33. The quantitative estimate of drug-likeness (QED) is 0.398. The van der Waals surface area contributed by atoms with E-state index < -0.39 is 0 Å². The maximum Gasteiger partial charge on any atom is 0.254 e. The molecule has 0 fully saturated rings. The SMILES string of the molecule is N#CCCSc1nc2nc(-c3ccccc3)cc(-c3cccnc3)n2n1. The first kappa shape index (κ1) is 16.2. The van der Waals surface area contributed by atoms with Gasteiger partial charge in [-0.3, -0.25) is 4.98 Å². The highest BCUT2D eigenvalue weighted by Crippen LogP contribution is 2.26. The molecule has 6 nitrogen and oxygen atoms in total. The summed E-state index contributed by atoms with van der Waals surface area (Å²) in [5, 5.41) is 13.9. The van der Waals surface area contributed by atoms with E-state index in [0.717, 1.165) is 22.5 Å². The molecular weight excluding hydrogens is 344 g/mol. The molecule has 0 saturated carbocycles. The number of nitriles is 1. The van der Waals surface area contributed by atoms with E-state index in [1.807, 2.05) is 48.5 Å². The average Bonchev–Trinajstić information content (AvgIpc) is 3.11. The topological polar surface area (TPSA) is 79.8 Å². The molecule has 0 unspecified atom stereocenters. The fraction of sp³-hybridized carbons (Fsp3) is 0.105. The lowest BCUT2D eigenvalue weighted by Gasteiger charge is -2.07. The molecule has 126 valence electrons. The standard InChI is InChI=1S/C19H14N6S/c20-9-5-11-26-19-23-18-22-16(14-6-2-1-3-7-14)12-17(25(18)24-19)15-8-4-10-21-13-15/h1-4,6-8,10,12-13H,5,11H2. The molecule has 3 aromatic heterocycles. The lowest BCUT2D eigenvalue weighted by Crippen LogP contribution is -1.99. The van der Waals surface area contributed by atoms with Gasteiger partial charge in [-0.1, -0.05) is 42.1 Å². The van der Waals surface area contributed by atoms with Crippen LogP contribution in [0.1, 0.15) is 6.42 Å². The molecule has 0 aliphatic carbocycles. The van der Waals surface area contributed by atoms with E-state index in [1.54, 1.807) is 16.9 Å². The first-order valence-corrected chi connectivity index (χ1v) is 9.07. The maximum atomic E-state index is 8.71. The molecule has 4 rings (SSSR count). The van der Waals surface area contributed by atoms with Crippen LogP contribution >= 0.6 is 11.8 Å². The zero-order chi connectivity index (χ0) is 17.8. The van der Waals surface area contributed by atoms with Gasteiger partial charge in [-0.15, -0.1) is 5.10 Å². The predicted molar refractivity (Wildman–Crippen MR) is 100 cm³/mol. The second-order valence-corrected chi connectivity index (χ2v) is 6.56. The summed E-state index contributed by atoms with van der Waals surface area (Å²) in [5.74, 6) is 1.19. The molecule has 0 spiro atoms. The Morgan fingerprint density at radius 2 is 1.88 bits per heavy atom. The van der Waals surface area contributed by atoms with Gasteiger partial charge in [-0.2, -0.15) is 14.8 Å². The molecular formula is C19H14N6S. The molecule has 0 amide bonds. The Morgan fingerprint density at radius 3 is 2.65 bits per heavy atom. The van der Waals surface area contributed by atoms with E-state index in [-0.39, 0.29) is 0 Å². The van der Waals surface area contributed by atoms with Crippen molar-refractivity contribution >= 4 is 17.5 Å². The molecule has 0 aliphatic rings. The normalized spacial score (nSPS) is 10.7. The van der Waals surface area contributed by atoms with E-state index in [1.165, 1.54) is 11.8 Å². The van der Waals surface area contributed by atoms with Crippen molar-refractivity contribution in [3.05, 3.63) is 60.9 Å². The minimum absolute atomic E-state index is 0.457. The summed E-state index contributed by atoms with van der Waals surface area (Å²) in [6.07, 6.45) is 4.00. The third-order valence-electron chi connectivity index (χ3n) is 3.76. The van der Waals surface area contributed by atoms with Crippen LogP contribution in [0.15, 0.2) is 66.1 Å². The Hall–Kier alpha value is -3.24. The van der Waals surface area contributed by atoms with Crippen molar-refractivity contribution < 1.29 is 0 Å². The first-order chi connectivity index (χ1) is 12.8. The van der Waals surface area contributed by atoms with Crippen LogP contribution in [0.3, 0.4) is 0 Å². The van der Waals surface area contributed by atoms with Crippen molar-refractivity contribution in [2.75, 3.05) is 5.75 Å². The number of benzene rings is 1. The molecule has 0 radical (unpaired) electrons. The number of pyridine rings is 1. The van der Waals surface area contributed by atoms with Gasteiger partial charge in [0.15, 0.2) is 0 Å². The number of nitrogens with zero attached hydrogens (tertiary/aromatic N) is 6. The Balaban J connectivity index is 1.86. The molecule has 7 heteroatoms. The van der Waals surface area contributed by atoms with Gasteiger partial charge in [0.25, 0.3) is 5.78 Å². The van der Waals surface area contributed by atoms with Crippen LogP contribution in [-0.2, 0) is 0 Å². The zero-order valence-corrected chi connectivity index (χ0v) is 14.6. The summed E-state index contributed by atoms with van der Waals surface area (Å²) in [7, 11) is 0. The van der Waals surface area contributed by atoms with Crippen LogP contribution < -0.4 is 0 Å². The molecule has 0 bridgehead atoms. The van der Waals surface area contributed by atoms with Crippen molar-refractivity contribution in [1.82, 2.24) is 24.6 Å². The van der Waals surface area contributed by atoms with Gasteiger partial charge in [0, 0.05) is 35.7 Å². The first-order valence-electron chi connectivity index (χ1n) is 8.08. The van der Waals surface area contributed by atoms with Crippen LogP contribution in [0.4, 0.5) is 0 Å². The summed E-state index contributed by atoms with van der Waals surface area (Å²) in [6, 6.07) is 18.0. The van der Waals surface area contributed by atoms with E-state index in [4.69, 9.17) is 5.26 Å². The third-order valence-corrected chi connectivity index (χ3v) is 4.60. The molecule has 0 aliphatic heterocycles. The Bertz CT molecular complexity index is 1070. The molecule has 3 heterocycles. The predicted octanol–water partition coefficient (Wildman–Crippen LogP) is 3.86. The minimum Gasteiger partial charge on any atom is -0.264 e. The highest BCUT2D eigenvalue weighted by Gasteiger charge is 2.14. The number of thioether (sulfide) groups is 1. The molecule has 0 atom stereocenters. The number of aromatic nitrogens is 5. The summed E-state index contributed by atoms with van der Waals surface area (Å²) in [4.78, 5) is 13.4. The average molecular weight is 358 g/mol. The Kier molecular flexibility index (Phi) is 4.58. The zero-order valence-electron chi connectivity index (χ0n) is 13.8. The van der Waals surface area contributed by atoms with Gasteiger partial charge >= 0.3 is 0 Å². The smallest absolute Gasteiger partial charge is 0.254 e. The Labute approximate surface area is 154 Å². The van der Waals surface area contributed by atoms with Gasteiger partial charge in [-0.05, 0) is 18.2 Å². The molecule has 0 saturated heterocycles. The second-order valence-electron chi connectivity index (χ2n) is 5.50. The molecule has 1 aromatic carbocycles. The summed E-state index contributed by atoms with van der Waals surface area (Å²) >= 11 is 1.46. The lowest BCUT2D eigenvalue weighted by atomic mass is 10.1.